The molecule has 2 heterocycles. The number of rotatable bonds is 2. The Labute approximate surface area is 85.1 Å². The molecule has 5 heteroatoms. The van der Waals surface area contributed by atoms with Crippen molar-refractivity contribution in [3.05, 3.63) is 30.1 Å². The second-order valence-electron chi connectivity index (χ2n) is 2.84. The fraction of sp³-hybridized carbons (Fsp3) is 0.222. The highest BCUT2D eigenvalue weighted by Crippen LogP contribution is 2.22. The van der Waals surface area contributed by atoms with Gasteiger partial charge in [-0.1, -0.05) is 0 Å². The van der Waals surface area contributed by atoms with Crippen molar-refractivity contribution in [3.8, 4) is 0 Å². The van der Waals surface area contributed by atoms with Gasteiger partial charge in [0.1, 0.15) is 5.04 Å². The van der Waals surface area contributed by atoms with E-state index in [0.29, 0.717) is 5.75 Å². The van der Waals surface area contributed by atoms with Gasteiger partial charge in [0.25, 0.3) is 0 Å². The van der Waals surface area contributed by atoms with Gasteiger partial charge in [0.15, 0.2) is 6.04 Å². The topological polar surface area (TPSA) is 62.5 Å². The van der Waals surface area contributed by atoms with E-state index in [-0.39, 0.29) is 0 Å². The van der Waals surface area contributed by atoms with Crippen LogP contribution in [0, 0.1) is 0 Å². The SMILES string of the molecule is O=C(O)C1CSC(c2cccnc2)=N1. The fourth-order valence-corrected chi connectivity index (χ4v) is 2.17. The third-order valence-corrected chi connectivity index (χ3v) is 2.94. The highest BCUT2D eigenvalue weighted by molar-refractivity contribution is 8.14. The van der Waals surface area contributed by atoms with Crippen LogP contribution in [0.1, 0.15) is 5.56 Å². The highest BCUT2D eigenvalue weighted by Gasteiger charge is 2.24. The van der Waals surface area contributed by atoms with E-state index >= 15 is 0 Å². The van der Waals surface area contributed by atoms with Crippen molar-refractivity contribution in [1.29, 1.82) is 0 Å². The molecule has 0 bridgehead atoms. The van der Waals surface area contributed by atoms with Crippen LogP contribution >= 0.6 is 11.8 Å². The highest BCUT2D eigenvalue weighted by atomic mass is 32.2. The summed E-state index contributed by atoms with van der Waals surface area (Å²) in [4.78, 5) is 18.7. The molecule has 1 N–H and O–H groups in total. The van der Waals surface area contributed by atoms with E-state index in [1.807, 2.05) is 12.1 Å². The summed E-state index contributed by atoms with van der Waals surface area (Å²) in [6.07, 6.45) is 3.37. The Hall–Kier alpha value is -1.36. The van der Waals surface area contributed by atoms with E-state index in [1.165, 1.54) is 11.8 Å². The van der Waals surface area contributed by atoms with Gasteiger partial charge in [-0.15, -0.1) is 11.8 Å². The molecule has 0 saturated carbocycles. The molecule has 1 atom stereocenters. The second-order valence-corrected chi connectivity index (χ2v) is 3.85. The minimum atomic E-state index is -0.864. The molecule has 14 heavy (non-hydrogen) atoms. The van der Waals surface area contributed by atoms with Crippen molar-refractivity contribution in [3.63, 3.8) is 0 Å². The predicted molar refractivity (Wildman–Crippen MR) is 54.7 cm³/mol. The molecule has 0 fully saturated rings. The zero-order valence-corrected chi connectivity index (χ0v) is 8.07. The lowest BCUT2D eigenvalue weighted by atomic mass is 10.3. The van der Waals surface area contributed by atoms with Gasteiger partial charge in [-0.05, 0) is 12.1 Å². The van der Waals surface area contributed by atoms with Gasteiger partial charge in [-0.3, -0.25) is 9.98 Å². The van der Waals surface area contributed by atoms with Crippen LogP contribution in [0.4, 0.5) is 0 Å². The predicted octanol–water partition coefficient (Wildman–Crippen LogP) is 1.03. The average Bonchev–Trinajstić information content (AvgIpc) is 2.68. The summed E-state index contributed by atoms with van der Waals surface area (Å²) >= 11 is 1.46. The van der Waals surface area contributed by atoms with Gasteiger partial charge in [0, 0.05) is 23.7 Å². The van der Waals surface area contributed by atoms with E-state index in [9.17, 15) is 4.79 Å². The largest absolute Gasteiger partial charge is 0.480 e. The smallest absolute Gasteiger partial charge is 0.329 e. The number of hydrogen-bond acceptors (Lipinski definition) is 4. The van der Waals surface area contributed by atoms with Crippen LogP contribution in [0.3, 0.4) is 0 Å². The summed E-state index contributed by atoms with van der Waals surface area (Å²) < 4.78 is 0. The van der Waals surface area contributed by atoms with Crippen LogP contribution in [0.5, 0.6) is 0 Å². The quantitative estimate of drug-likeness (QED) is 0.788. The van der Waals surface area contributed by atoms with Gasteiger partial charge >= 0.3 is 5.97 Å². The number of aliphatic imine (C=N–C) groups is 1. The first-order valence-corrected chi connectivity index (χ1v) is 5.10. The molecule has 1 aliphatic rings. The molecular formula is C9H8N2O2S. The molecule has 1 aromatic rings. The number of carboxylic acids is 1. The van der Waals surface area contributed by atoms with E-state index in [2.05, 4.69) is 9.98 Å². The minimum absolute atomic E-state index is 0.513. The van der Waals surface area contributed by atoms with Crippen molar-refractivity contribution < 1.29 is 9.90 Å². The van der Waals surface area contributed by atoms with Crippen LogP contribution in [0.25, 0.3) is 0 Å². The summed E-state index contributed by atoms with van der Waals surface area (Å²) in [5.74, 6) is -0.351. The number of aliphatic carboxylic acids is 1. The number of pyridine rings is 1. The first kappa shape index (κ1) is 9.21. The number of carbonyl (C=O) groups is 1. The van der Waals surface area contributed by atoms with Crippen LogP contribution < -0.4 is 0 Å². The molecule has 0 amide bonds. The van der Waals surface area contributed by atoms with Crippen LogP contribution in [0.2, 0.25) is 0 Å². The third-order valence-electron chi connectivity index (χ3n) is 1.84. The Morgan fingerprint density at radius 3 is 3.07 bits per heavy atom. The minimum Gasteiger partial charge on any atom is -0.480 e. The molecule has 0 radical (unpaired) electrons. The van der Waals surface area contributed by atoms with Crippen molar-refractivity contribution in [1.82, 2.24) is 4.98 Å². The molecule has 1 aromatic heterocycles. The van der Waals surface area contributed by atoms with Gasteiger partial charge in [-0.2, -0.15) is 0 Å². The molecule has 1 unspecified atom stereocenters. The molecule has 4 nitrogen and oxygen atoms in total. The maximum atomic E-state index is 10.6. The van der Waals surface area contributed by atoms with Gasteiger partial charge in [0.2, 0.25) is 0 Å². The molecule has 0 aliphatic carbocycles. The molecule has 0 saturated heterocycles. The first-order chi connectivity index (χ1) is 6.77. The Kier molecular flexibility index (Phi) is 2.49. The summed E-state index contributed by atoms with van der Waals surface area (Å²) in [7, 11) is 0. The zero-order chi connectivity index (χ0) is 9.97. The third kappa shape index (κ3) is 1.77. The van der Waals surface area contributed by atoms with Crippen molar-refractivity contribution in [2.24, 2.45) is 4.99 Å². The molecule has 1 aliphatic heterocycles. The number of aromatic nitrogens is 1. The van der Waals surface area contributed by atoms with Gasteiger partial charge in [-0.25, -0.2) is 4.79 Å². The molecular weight excluding hydrogens is 200 g/mol. The number of nitrogens with zero attached hydrogens (tertiary/aromatic N) is 2. The Balaban J connectivity index is 2.22. The van der Waals surface area contributed by atoms with Gasteiger partial charge < -0.3 is 5.11 Å². The molecule has 72 valence electrons. The van der Waals surface area contributed by atoms with Crippen LogP contribution in [-0.2, 0) is 4.79 Å². The van der Waals surface area contributed by atoms with Gasteiger partial charge in [0.05, 0.1) is 0 Å². The number of carboxylic acid groups (broad SMARTS) is 1. The Morgan fingerprint density at radius 2 is 2.50 bits per heavy atom. The zero-order valence-electron chi connectivity index (χ0n) is 7.25. The van der Waals surface area contributed by atoms with Crippen molar-refractivity contribution in [2.45, 2.75) is 6.04 Å². The second kappa shape index (κ2) is 3.79. The Bertz CT molecular complexity index is 378. The number of thioether (sulfide) groups is 1. The van der Waals surface area contributed by atoms with Crippen molar-refractivity contribution in [2.75, 3.05) is 5.75 Å². The first-order valence-electron chi connectivity index (χ1n) is 4.11. The van der Waals surface area contributed by atoms with Crippen molar-refractivity contribution >= 4 is 22.8 Å². The lowest BCUT2D eigenvalue weighted by Crippen LogP contribution is -2.17. The summed E-state index contributed by atoms with van der Waals surface area (Å²) in [5, 5.41) is 9.51. The normalized spacial score (nSPS) is 20.6. The number of hydrogen-bond donors (Lipinski definition) is 1. The molecule has 2 rings (SSSR count). The maximum Gasteiger partial charge on any atom is 0.329 e. The fourth-order valence-electron chi connectivity index (χ4n) is 1.15. The molecule has 0 spiro atoms. The maximum absolute atomic E-state index is 10.6. The summed E-state index contributed by atoms with van der Waals surface area (Å²) in [6, 6.07) is 3.09. The van der Waals surface area contributed by atoms with Crippen LogP contribution in [0.15, 0.2) is 29.5 Å². The summed E-state index contributed by atoms with van der Waals surface area (Å²) in [6.45, 7) is 0. The van der Waals surface area contributed by atoms with E-state index in [0.717, 1.165) is 10.6 Å². The Morgan fingerprint density at radius 1 is 1.64 bits per heavy atom. The van der Waals surface area contributed by atoms with E-state index in [1.54, 1.807) is 12.4 Å². The monoisotopic (exact) mass is 208 g/mol. The van der Waals surface area contributed by atoms with Crippen LogP contribution in [-0.4, -0.2) is 32.9 Å². The van der Waals surface area contributed by atoms with E-state index in [4.69, 9.17) is 5.11 Å². The lowest BCUT2D eigenvalue weighted by molar-refractivity contribution is -0.137. The van der Waals surface area contributed by atoms with E-state index < -0.39 is 12.0 Å². The average molecular weight is 208 g/mol. The molecule has 0 aromatic carbocycles. The summed E-state index contributed by atoms with van der Waals surface area (Å²) in [5.41, 5.74) is 0.890. The lowest BCUT2D eigenvalue weighted by Gasteiger charge is -1.96. The standard InChI is InChI=1S/C9H8N2O2S/c12-9(13)7-5-14-8(11-7)6-2-1-3-10-4-6/h1-4,7H,5H2,(H,12,13).